The smallest absolute Gasteiger partial charge is 0.134 e. The van der Waals surface area contributed by atoms with E-state index in [1.807, 2.05) is 25.2 Å². The van der Waals surface area contributed by atoms with Crippen molar-refractivity contribution in [3.05, 3.63) is 53.1 Å². The van der Waals surface area contributed by atoms with E-state index in [0.29, 0.717) is 12.3 Å². The third-order valence-corrected chi connectivity index (χ3v) is 5.48. The fourth-order valence-corrected chi connectivity index (χ4v) is 3.78. The molecule has 1 rings (SSSR count). The summed E-state index contributed by atoms with van der Waals surface area (Å²) in [7, 11) is 2.10. The van der Waals surface area contributed by atoms with Gasteiger partial charge >= 0.3 is 0 Å². The molecule has 1 aromatic rings. The van der Waals surface area contributed by atoms with Gasteiger partial charge in [-0.15, -0.1) is 0 Å². The molecule has 0 aliphatic rings. The molecule has 0 spiro atoms. The lowest BCUT2D eigenvalue weighted by Gasteiger charge is -2.32. The number of Topliss-reactive ketones (excluding diaryl/α,β-unsaturated/α-hetero) is 1. The molecule has 1 aromatic carbocycles. The number of nitriles is 1. The second-order valence-corrected chi connectivity index (χ2v) is 8.27. The predicted molar refractivity (Wildman–Crippen MR) is 128 cm³/mol. The van der Waals surface area contributed by atoms with Gasteiger partial charge in [-0.2, -0.15) is 5.26 Å². The molecule has 4 nitrogen and oxygen atoms in total. The number of carbonyl (C=O) groups excluding carboxylic acids is 1. The molecule has 0 saturated heterocycles. The molecule has 164 valence electrons. The first kappa shape index (κ1) is 25.7. The molecule has 1 unspecified atom stereocenters. The van der Waals surface area contributed by atoms with E-state index in [-0.39, 0.29) is 11.8 Å². The topological polar surface area (TPSA) is 47.3 Å². The van der Waals surface area contributed by atoms with Crippen LogP contribution in [0.1, 0.15) is 65.0 Å². The Morgan fingerprint density at radius 2 is 1.90 bits per heavy atom. The van der Waals surface area contributed by atoms with Gasteiger partial charge in [0.25, 0.3) is 0 Å². The van der Waals surface area contributed by atoms with E-state index in [1.165, 1.54) is 5.56 Å². The van der Waals surface area contributed by atoms with Crippen LogP contribution in [-0.4, -0.2) is 43.4 Å². The molecule has 0 heterocycles. The van der Waals surface area contributed by atoms with Gasteiger partial charge < -0.3 is 4.90 Å². The molecule has 0 amide bonds. The van der Waals surface area contributed by atoms with Crippen LogP contribution in [0.25, 0.3) is 0 Å². The van der Waals surface area contributed by atoms with Crippen molar-refractivity contribution in [2.75, 3.05) is 31.6 Å². The third-order valence-electron chi connectivity index (χ3n) is 5.48. The van der Waals surface area contributed by atoms with Crippen LogP contribution in [0.4, 0.5) is 5.69 Å². The fraction of sp³-hybridized carbons (Fsp3) is 0.538. The number of anilines is 1. The van der Waals surface area contributed by atoms with Crippen molar-refractivity contribution in [3.63, 3.8) is 0 Å². The maximum atomic E-state index is 11.9. The Morgan fingerprint density at radius 3 is 2.43 bits per heavy atom. The highest BCUT2D eigenvalue weighted by atomic mass is 16.1. The minimum atomic E-state index is 0.0678. The Bertz CT molecular complexity index is 786. The molecule has 0 radical (unpaired) electrons. The summed E-state index contributed by atoms with van der Waals surface area (Å²) in [4.78, 5) is 16.5. The number of hydrogen-bond acceptors (Lipinski definition) is 4. The minimum Gasteiger partial charge on any atom is -0.373 e. The third kappa shape index (κ3) is 7.46. The summed E-state index contributed by atoms with van der Waals surface area (Å²) in [5.41, 5.74) is 4.30. The standard InChI is InChI=1S/C26H39N3O/c1-8-10-12-23(19-27)22(6)29(15-9-2)17-16-28(7)26-14-11-13-24(20(3)4)25(26)18-21(5)30/h8,10-14,20,22H,9,15-18H2,1-7H3/b10-8-,23-12-. The SMILES string of the molecule is C/C=C\C=C(\C#N)C(C)N(CCC)CCN(C)c1cccc(C(C)C)c1CC(C)=O. The van der Waals surface area contributed by atoms with E-state index in [1.54, 1.807) is 6.92 Å². The highest BCUT2D eigenvalue weighted by molar-refractivity contribution is 5.81. The minimum absolute atomic E-state index is 0.0678. The number of rotatable bonds is 12. The van der Waals surface area contributed by atoms with Gasteiger partial charge in [0, 0.05) is 43.9 Å². The zero-order valence-electron chi connectivity index (χ0n) is 19.9. The Balaban J connectivity index is 3.08. The quantitative estimate of drug-likeness (QED) is 0.338. The van der Waals surface area contributed by atoms with Crippen LogP contribution in [0.2, 0.25) is 0 Å². The van der Waals surface area contributed by atoms with Gasteiger partial charge in [-0.1, -0.05) is 45.1 Å². The Labute approximate surface area is 183 Å². The second-order valence-electron chi connectivity index (χ2n) is 8.27. The van der Waals surface area contributed by atoms with Gasteiger partial charge in [-0.3, -0.25) is 9.69 Å². The normalized spacial score (nSPS) is 13.1. The van der Waals surface area contributed by atoms with Crippen molar-refractivity contribution in [3.8, 4) is 6.07 Å². The largest absolute Gasteiger partial charge is 0.373 e. The predicted octanol–water partition coefficient (Wildman–Crippen LogP) is 5.50. The molecule has 0 saturated carbocycles. The van der Waals surface area contributed by atoms with Crippen LogP contribution in [0.3, 0.4) is 0 Å². The average Bonchev–Trinajstić information content (AvgIpc) is 2.70. The van der Waals surface area contributed by atoms with E-state index in [0.717, 1.165) is 42.9 Å². The second kappa shape index (κ2) is 13.0. The van der Waals surface area contributed by atoms with Gasteiger partial charge in [-0.05, 0) is 62.9 Å². The summed E-state index contributed by atoms with van der Waals surface area (Å²) in [6.07, 6.45) is 7.29. The van der Waals surface area contributed by atoms with Crippen LogP contribution in [-0.2, 0) is 11.2 Å². The van der Waals surface area contributed by atoms with Gasteiger partial charge in [0.15, 0.2) is 0 Å². The lowest BCUT2D eigenvalue weighted by Crippen LogP contribution is -2.40. The number of nitrogens with zero attached hydrogens (tertiary/aromatic N) is 3. The highest BCUT2D eigenvalue weighted by Gasteiger charge is 2.19. The molecule has 4 heteroatoms. The van der Waals surface area contributed by atoms with Crippen molar-refractivity contribution < 1.29 is 4.79 Å². The molecule has 0 bridgehead atoms. The maximum Gasteiger partial charge on any atom is 0.134 e. The van der Waals surface area contributed by atoms with E-state index in [2.05, 4.69) is 68.8 Å². The molecule has 0 N–H and O–H groups in total. The zero-order chi connectivity index (χ0) is 22.7. The van der Waals surface area contributed by atoms with Gasteiger partial charge in [0.2, 0.25) is 0 Å². The van der Waals surface area contributed by atoms with E-state index in [4.69, 9.17) is 0 Å². The Morgan fingerprint density at radius 1 is 1.20 bits per heavy atom. The molecule has 0 aliphatic carbocycles. The Kier molecular flexibility index (Phi) is 11.1. The van der Waals surface area contributed by atoms with E-state index >= 15 is 0 Å². The van der Waals surface area contributed by atoms with Gasteiger partial charge in [0.05, 0.1) is 6.07 Å². The van der Waals surface area contributed by atoms with E-state index in [9.17, 15) is 10.1 Å². The number of allylic oxidation sites excluding steroid dienone is 3. The summed E-state index contributed by atoms with van der Waals surface area (Å²) in [6.45, 7) is 14.9. The number of ketones is 1. The van der Waals surface area contributed by atoms with Crippen molar-refractivity contribution in [1.82, 2.24) is 4.90 Å². The lowest BCUT2D eigenvalue weighted by atomic mass is 9.92. The average molecular weight is 410 g/mol. The molecular formula is C26H39N3O. The van der Waals surface area contributed by atoms with E-state index < -0.39 is 0 Å². The maximum absolute atomic E-state index is 11.9. The molecule has 0 aliphatic heterocycles. The molecular weight excluding hydrogens is 370 g/mol. The first-order chi connectivity index (χ1) is 14.3. The van der Waals surface area contributed by atoms with Crippen molar-refractivity contribution in [2.24, 2.45) is 0 Å². The van der Waals surface area contributed by atoms with Crippen LogP contribution in [0.5, 0.6) is 0 Å². The number of hydrogen-bond donors (Lipinski definition) is 0. The van der Waals surface area contributed by atoms with Crippen molar-refractivity contribution >= 4 is 11.5 Å². The van der Waals surface area contributed by atoms with Crippen molar-refractivity contribution in [1.29, 1.82) is 5.26 Å². The number of benzene rings is 1. The number of carbonyl (C=O) groups is 1. The summed E-state index contributed by atoms with van der Waals surface area (Å²) < 4.78 is 0. The molecule has 1 atom stereocenters. The van der Waals surface area contributed by atoms with Crippen LogP contribution in [0.15, 0.2) is 42.0 Å². The van der Waals surface area contributed by atoms with Crippen LogP contribution < -0.4 is 4.90 Å². The van der Waals surface area contributed by atoms with Gasteiger partial charge in [-0.25, -0.2) is 0 Å². The highest BCUT2D eigenvalue weighted by Crippen LogP contribution is 2.29. The van der Waals surface area contributed by atoms with Crippen LogP contribution in [0, 0.1) is 11.3 Å². The summed E-state index contributed by atoms with van der Waals surface area (Å²) in [5.74, 6) is 0.561. The van der Waals surface area contributed by atoms with Crippen molar-refractivity contribution in [2.45, 2.75) is 66.3 Å². The summed E-state index contributed by atoms with van der Waals surface area (Å²) in [6, 6.07) is 8.77. The molecule has 0 aromatic heterocycles. The first-order valence-electron chi connectivity index (χ1n) is 11.1. The number of likely N-dealkylation sites (N-methyl/N-ethyl adjacent to an activating group) is 1. The summed E-state index contributed by atoms with van der Waals surface area (Å²) in [5, 5.41) is 9.58. The summed E-state index contributed by atoms with van der Waals surface area (Å²) >= 11 is 0. The van der Waals surface area contributed by atoms with Crippen LogP contribution >= 0.6 is 0 Å². The lowest BCUT2D eigenvalue weighted by molar-refractivity contribution is -0.116. The molecule has 30 heavy (non-hydrogen) atoms. The molecule has 0 fully saturated rings. The zero-order valence-corrected chi connectivity index (χ0v) is 19.9. The first-order valence-corrected chi connectivity index (χ1v) is 11.1. The fourth-order valence-electron chi connectivity index (χ4n) is 3.78. The van der Waals surface area contributed by atoms with Gasteiger partial charge in [0.1, 0.15) is 5.78 Å². The monoisotopic (exact) mass is 409 g/mol. The Hall–Kier alpha value is -2.38.